The number of carbonyl (C=O) groups is 1. The number of benzene rings is 1. The maximum Gasteiger partial charge on any atom is 0.237 e. The SMILES string of the molecule is CC(C)(C)[C@H](N)C(=O)NC1CCN(c2ccccc2)CC1. The molecule has 0 unspecified atom stereocenters. The number of nitrogens with two attached hydrogens (primary N) is 1. The lowest BCUT2D eigenvalue weighted by Gasteiger charge is -2.35. The highest BCUT2D eigenvalue weighted by atomic mass is 16.2. The predicted octanol–water partition coefficient (Wildman–Crippen LogP) is 2.14. The summed E-state index contributed by atoms with van der Waals surface area (Å²) in [5.74, 6) is -0.0272. The van der Waals surface area contributed by atoms with Crippen LogP contribution in [0.3, 0.4) is 0 Å². The number of carbonyl (C=O) groups excluding carboxylic acids is 1. The molecule has 1 heterocycles. The van der Waals surface area contributed by atoms with Crippen LogP contribution in [0.1, 0.15) is 33.6 Å². The lowest BCUT2D eigenvalue weighted by Crippen LogP contribution is -2.53. The van der Waals surface area contributed by atoms with E-state index >= 15 is 0 Å². The van der Waals surface area contributed by atoms with Crippen molar-refractivity contribution < 1.29 is 4.79 Å². The van der Waals surface area contributed by atoms with Crippen LogP contribution < -0.4 is 16.0 Å². The quantitative estimate of drug-likeness (QED) is 0.896. The molecule has 0 saturated carbocycles. The number of nitrogens with one attached hydrogen (secondary N) is 1. The Labute approximate surface area is 127 Å². The summed E-state index contributed by atoms with van der Waals surface area (Å²) in [5.41, 5.74) is 7.07. The number of hydrogen-bond acceptors (Lipinski definition) is 3. The van der Waals surface area contributed by atoms with Crippen molar-refractivity contribution in [2.24, 2.45) is 11.1 Å². The molecule has 1 saturated heterocycles. The Morgan fingerprint density at radius 2 is 1.81 bits per heavy atom. The molecule has 1 aliphatic heterocycles. The highest BCUT2D eigenvalue weighted by Crippen LogP contribution is 2.21. The number of amides is 1. The lowest BCUT2D eigenvalue weighted by atomic mass is 9.86. The van der Waals surface area contributed by atoms with Gasteiger partial charge in [0.15, 0.2) is 0 Å². The molecule has 1 atom stereocenters. The van der Waals surface area contributed by atoms with Gasteiger partial charge in [-0.15, -0.1) is 0 Å². The second-order valence-electron chi connectivity index (χ2n) is 6.95. The van der Waals surface area contributed by atoms with Crippen molar-refractivity contribution in [3.05, 3.63) is 30.3 Å². The third-order valence-corrected chi connectivity index (χ3v) is 4.18. The molecule has 1 aliphatic rings. The van der Waals surface area contributed by atoms with Crippen molar-refractivity contribution in [1.82, 2.24) is 5.32 Å². The van der Waals surface area contributed by atoms with E-state index in [1.54, 1.807) is 0 Å². The molecular formula is C17H27N3O. The standard InChI is InChI=1S/C17H27N3O/c1-17(2,3)15(18)16(21)19-13-9-11-20(12-10-13)14-7-5-4-6-8-14/h4-8,13,15H,9-12,18H2,1-3H3,(H,19,21)/t15-/m1/s1. The first-order chi connectivity index (χ1) is 9.88. The zero-order valence-electron chi connectivity index (χ0n) is 13.3. The highest BCUT2D eigenvalue weighted by molar-refractivity contribution is 5.82. The van der Waals surface area contributed by atoms with E-state index in [2.05, 4.69) is 34.5 Å². The maximum absolute atomic E-state index is 12.2. The Kier molecular flexibility index (Phi) is 4.88. The molecule has 0 aliphatic carbocycles. The van der Waals surface area contributed by atoms with Crippen molar-refractivity contribution in [1.29, 1.82) is 0 Å². The van der Waals surface area contributed by atoms with Crippen LogP contribution in [-0.2, 0) is 4.79 Å². The van der Waals surface area contributed by atoms with Crippen LogP contribution in [0, 0.1) is 5.41 Å². The van der Waals surface area contributed by atoms with Gasteiger partial charge in [0.05, 0.1) is 6.04 Å². The number of piperidine rings is 1. The Morgan fingerprint density at radius 1 is 1.24 bits per heavy atom. The van der Waals surface area contributed by atoms with Gasteiger partial charge in [-0.3, -0.25) is 4.79 Å². The van der Waals surface area contributed by atoms with Crippen LogP contribution in [0.2, 0.25) is 0 Å². The lowest BCUT2D eigenvalue weighted by molar-refractivity contribution is -0.125. The zero-order chi connectivity index (χ0) is 15.5. The van der Waals surface area contributed by atoms with Gasteiger partial charge in [0.1, 0.15) is 0 Å². The highest BCUT2D eigenvalue weighted by Gasteiger charge is 2.29. The smallest absolute Gasteiger partial charge is 0.237 e. The van der Waals surface area contributed by atoms with Gasteiger partial charge in [0, 0.05) is 24.8 Å². The summed E-state index contributed by atoms with van der Waals surface area (Å²) in [6.07, 6.45) is 1.94. The fourth-order valence-corrected chi connectivity index (χ4v) is 2.61. The van der Waals surface area contributed by atoms with Gasteiger partial charge in [0.2, 0.25) is 5.91 Å². The van der Waals surface area contributed by atoms with Crippen LogP contribution in [0.25, 0.3) is 0 Å². The van der Waals surface area contributed by atoms with Gasteiger partial charge in [-0.1, -0.05) is 39.0 Å². The summed E-state index contributed by atoms with van der Waals surface area (Å²) in [7, 11) is 0. The van der Waals surface area contributed by atoms with E-state index < -0.39 is 6.04 Å². The number of nitrogens with zero attached hydrogens (tertiary/aromatic N) is 1. The van der Waals surface area contributed by atoms with Gasteiger partial charge in [-0.25, -0.2) is 0 Å². The second kappa shape index (κ2) is 6.48. The molecule has 1 fully saturated rings. The third kappa shape index (κ3) is 4.21. The van der Waals surface area contributed by atoms with E-state index in [0.29, 0.717) is 0 Å². The molecular weight excluding hydrogens is 262 g/mol. The molecule has 1 amide bonds. The topological polar surface area (TPSA) is 58.4 Å². The molecule has 1 aromatic rings. The van der Waals surface area contributed by atoms with E-state index in [-0.39, 0.29) is 17.4 Å². The molecule has 1 aromatic carbocycles. The van der Waals surface area contributed by atoms with Gasteiger partial charge in [0.25, 0.3) is 0 Å². The summed E-state index contributed by atoms with van der Waals surface area (Å²) >= 11 is 0. The minimum Gasteiger partial charge on any atom is -0.371 e. The van der Waals surface area contributed by atoms with E-state index in [4.69, 9.17) is 5.73 Å². The Bertz CT molecular complexity index is 459. The molecule has 21 heavy (non-hydrogen) atoms. The molecule has 116 valence electrons. The van der Waals surface area contributed by atoms with E-state index in [9.17, 15) is 4.79 Å². The average Bonchev–Trinajstić information content (AvgIpc) is 2.47. The maximum atomic E-state index is 12.2. The first kappa shape index (κ1) is 15.8. The molecule has 0 radical (unpaired) electrons. The van der Waals surface area contributed by atoms with E-state index in [0.717, 1.165) is 25.9 Å². The molecule has 4 nitrogen and oxygen atoms in total. The summed E-state index contributed by atoms with van der Waals surface area (Å²) in [5, 5.41) is 3.11. The van der Waals surface area contributed by atoms with Gasteiger partial charge >= 0.3 is 0 Å². The van der Waals surface area contributed by atoms with Crippen LogP contribution in [0.15, 0.2) is 30.3 Å². The van der Waals surface area contributed by atoms with Crippen LogP contribution >= 0.6 is 0 Å². The summed E-state index contributed by atoms with van der Waals surface area (Å²) in [6.45, 7) is 7.93. The summed E-state index contributed by atoms with van der Waals surface area (Å²) < 4.78 is 0. The van der Waals surface area contributed by atoms with Crippen LogP contribution in [0.4, 0.5) is 5.69 Å². The molecule has 0 aromatic heterocycles. The monoisotopic (exact) mass is 289 g/mol. The Hall–Kier alpha value is -1.55. The third-order valence-electron chi connectivity index (χ3n) is 4.18. The van der Waals surface area contributed by atoms with E-state index in [1.807, 2.05) is 26.8 Å². The molecule has 0 spiro atoms. The van der Waals surface area contributed by atoms with Gasteiger partial charge < -0.3 is 16.0 Å². The van der Waals surface area contributed by atoms with Gasteiger partial charge in [-0.2, -0.15) is 0 Å². The number of anilines is 1. The molecule has 4 heteroatoms. The van der Waals surface area contributed by atoms with Crippen molar-refractivity contribution in [2.45, 2.75) is 45.7 Å². The van der Waals surface area contributed by atoms with Crippen LogP contribution in [-0.4, -0.2) is 31.1 Å². The second-order valence-corrected chi connectivity index (χ2v) is 6.95. The first-order valence-electron chi connectivity index (χ1n) is 7.74. The first-order valence-corrected chi connectivity index (χ1v) is 7.74. The summed E-state index contributed by atoms with van der Waals surface area (Å²) in [6, 6.07) is 10.2. The van der Waals surface area contributed by atoms with Crippen molar-refractivity contribution in [2.75, 3.05) is 18.0 Å². The molecule has 2 rings (SSSR count). The summed E-state index contributed by atoms with van der Waals surface area (Å²) in [4.78, 5) is 14.5. The Balaban J connectivity index is 1.83. The largest absolute Gasteiger partial charge is 0.371 e. The minimum atomic E-state index is -0.454. The number of rotatable bonds is 3. The minimum absolute atomic E-state index is 0.0272. The fraction of sp³-hybridized carbons (Fsp3) is 0.588. The van der Waals surface area contributed by atoms with Crippen molar-refractivity contribution >= 4 is 11.6 Å². The zero-order valence-corrected chi connectivity index (χ0v) is 13.3. The van der Waals surface area contributed by atoms with Crippen molar-refractivity contribution in [3.63, 3.8) is 0 Å². The van der Waals surface area contributed by atoms with E-state index in [1.165, 1.54) is 5.69 Å². The number of hydrogen-bond donors (Lipinski definition) is 2. The Morgan fingerprint density at radius 3 is 2.33 bits per heavy atom. The van der Waals surface area contributed by atoms with Crippen molar-refractivity contribution in [3.8, 4) is 0 Å². The molecule has 3 N–H and O–H groups in total. The van der Waals surface area contributed by atoms with Gasteiger partial charge in [-0.05, 0) is 30.4 Å². The fourth-order valence-electron chi connectivity index (χ4n) is 2.61. The normalized spacial score (nSPS) is 18.4. The molecule has 0 bridgehead atoms. The predicted molar refractivity (Wildman–Crippen MR) is 87.3 cm³/mol. The average molecular weight is 289 g/mol. The van der Waals surface area contributed by atoms with Crippen LogP contribution in [0.5, 0.6) is 0 Å². The number of para-hydroxylation sites is 1.